The topological polar surface area (TPSA) is 101 Å². The molecule has 1 heterocycles. The molecule has 0 bridgehead atoms. The monoisotopic (exact) mass is 253 g/mol. The Kier molecular flexibility index (Phi) is 4.59. The average molecular weight is 253 g/mol. The van der Waals surface area contributed by atoms with Gasteiger partial charge in [0, 0.05) is 26.1 Å². The van der Waals surface area contributed by atoms with E-state index in [1.807, 2.05) is 0 Å². The van der Waals surface area contributed by atoms with E-state index < -0.39 is 11.9 Å². The predicted octanol–water partition coefficient (Wildman–Crippen LogP) is -0.379. The average Bonchev–Trinajstić information content (AvgIpc) is 2.28. The second-order valence-electron chi connectivity index (χ2n) is 4.09. The molecule has 7 nitrogen and oxygen atoms in total. The quantitative estimate of drug-likeness (QED) is 0.745. The molecule has 0 aliphatic carbocycles. The Hall–Kier alpha value is -2.18. The third-order valence-corrected chi connectivity index (χ3v) is 2.33. The molecule has 0 saturated heterocycles. The molecule has 1 aromatic rings. The van der Waals surface area contributed by atoms with Gasteiger partial charge >= 0.3 is 5.97 Å². The normalized spacial score (nSPS) is 11.9. The van der Waals surface area contributed by atoms with Crippen molar-refractivity contribution >= 4 is 11.9 Å². The lowest BCUT2D eigenvalue weighted by atomic mass is 10.1. The third kappa shape index (κ3) is 4.00. The van der Waals surface area contributed by atoms with Gasteiger partial charge in [-0.2, -0.15) is 5.10 Å². The van der Waals surface area contributed by atoms with Crippen LogP contribution in [0.1, 0.15) is 23.8 Å². The first-order chi connectivity index (χ1) is 8.40. The van der Waals surface area contributed by atoms with Gasteiger partial charge in [0.15, 0.2) is 0 Å². The molecule has 1 rings (SSSR count). The summed E-state index contributed by atoms with van der Waals surface area (Å²) in [5.74, 6) is -1.50. The van der Waals surface area contributed by atoms with Crippen molar-refractivity contribution in [2.75, 3.05) is 6.54 Å². The fraction of sp³-hybridized carbons (Fsp3) is 0.455. The molecule has 0 spiro atoms. The molecule has 0 aliphatic rings. The summed E-state index contributed by atoms with van der Waals surface area (Å²) in [6, 6.07) is 2.59. The van der Waals surface area contributed by atoms with E-state index >= 15 is 0 Å². The van der Waals surface area contributed by atoms with Crippen molar-refractivity contribution in [2.24, 2.45) is 13.0 Å². The molecular weight excluding hydrogens is 238 g/mol. The lowest BCUT2D eigenvalue weighted by molar-refractivity contribution is -0.137. The highest BCUT2D eigenvalue weighted by Crippen LogP contribution is 2.00. The first-order valence-corrected chi connectivity index (χ1v) is 5.44. The molecule has 1 amide bonds. The Bertz CT molecular complexity index is 509. The molecule has 0 radical (unpaired) electrons. The molecule has 98 valence electrons. The maximum absolute atomic E-state index is 11.7. The van der Waals surface area contributed by atoms with Crippen LogP contribution in [0.4, 0.5) is 0 Å². The van der Waals surface area contributed by atoms with E-state index in [-0.39, 0.29) is 30.1 Å². The number of rotatable bonds is 5. The van der Waals surface area contributed by atoms with E-state index in [0.717, 1.165) is 4.68 Å². The molecule has 2 N–H and O–H groups in total. The summed E-state index contributed by atoms with van der Waals surface area (Å²) < 4.78 is 1.07. The number of carboxylic acids is 1. The van der Waals surface area contributed by atoms with Crippen LogP contribution < -0.4 is 10.9 Å². The first kappa shape index (κ1) is 13.9. The molecule has 18 heavy (non-hydrogen) atoms. The summed E-state index contributed by atoms with van der Waals surface area (Å²) in [7, 11) is 1.45. The van der Waals surface area contributed by atoms with Crippen molar-refractivity contribution in [3.8, 4) is 0 Å². The number of nitrogens with zero attached hydrogens (tertiary/aromatic N) is 2. The highest BCUT2D eigenvalue weighted by molar-refractivity contribution is 5.92. The minimum absolute atomic E-state index is 0.0129. The van der Waals surface area contributed by atoms with E-state index in [0.29, 0.717) is 0 Å². The Morgan fingerprint density at radius 3 is 2.72 bits per heavy atom. The van der Waals surface area contributed by atoms with E-state index in [9.17, 15) is 14.4 Å². The number of carboxylic acid groups (broad SMARTS) is 1. The van der Waals surface area contributed by atoms with Crippen LogP contribution in [0.3, 0.4) is 0 Å². The summed E-state index contributed by atoms with van der Waals surface area (Å²) in [6.45, 7) is 1.97. The number of carbonyl (C=O) groups is 2. The number of hydrogen-bond acceptors (Lipinski definition) is 4. The Labute approximate surface area is 103 Å². The number of carbonyl (C=O) groups excluding carboxylic acids is 1. The van der Waals surface area contributed by atoms with Gasteiger partial charge in [0.25, 0.3) is 11.5 Å². The van der Waals surface area contributed by atoms with Gasteiger partial charge in [0.2, 0.25) is 0 Å². The molecule has 0 aromatic carbocycles. The Morgan fingerprint density at radius 2 is 2.17 bits per heavy atom. The van der Waals surface area contributed by atoms with Crippen molar-refractivity contribution in [2.45, 2.75) is 13.3 Å². The van der Waals surface area contributed by atoms with Gasteiger partial charge in [-0.1, -0.05) is 6.92 Å². The summed E-state index contributed by atoms with van der Waals surface area (Å²) >= 11 is 0. The smallest absolute Gasteiger partial charge is 0.303 e. The lowest BCUT2D eigenvalue weighted by Gasteiger charge is -2.10. The molecule has 0 aliphatic heterocycles. The zero-order valence-corrected chi connectivity index (χ0v) is 10.2. The standard InChI is InChI=1S/C11H15N3O4/c1-7(5-10(16)17)6-12-11(18)8-3-4-9(15)14(2)13-8/h3-4,7H,5-6H2,1-2H3,(H,12,18)(H,16,17). The van der Waals surface area contributed by atoms with Gasteiger partial charge in [0.05, 0.1) is 0 Å². The Morgan fingerprint density at radius 1 is 1.50 bits per heavy atom. The second-order valence-corrected chi connectivity index (χ2v) is 4.09. The molecule has 7 heteroatoms. The summed E-state index contributed by atoms with van der Waals surface area (Å²) in [4.78, 5) is 33.2. The first-order valence-electron chi connectivity index (χ1n) is 5.44. The SMILES string of the molecule is CC(CNC(=O)c1ccc(=O)n(C)n1)CC(=O)O. The number of aryl methyl sites for hydroxylation is 1. The number of nitrogens with one attached hydrogen (secondary N) is 1. The van der Waals surface area contributed by atoms with Crippen molar-refractivity contribution in [3.63, 3.8) is 0 Å². The van der Waals surface area contributed by atoms with E-state index in [1.54, 1.807) is 6.92 Å². The lowest BCUT2D eigenvalue weighted by Crippen LogP contribution is -2.31. The molecular formula is C11H15N3O4. The third-order valence-electron chi connectivity index (χ3n) is 2.33. The minimum atomic E-state index is -0.906. The number of hydrogen-bond donors (Lipinski definition) is 2. The minimum Gasteiger partial charge on any atom is -0.481 e. The maximum atomic E-state index is 11.7. The van der Waals surface area contributed by atoms with Crippen LogP contribution in [0.5, 0.6) is 0 Å². The highest BCUT2D eigenvalue weighted by atomic mass is 16.4. The number of amides is 1. The highest BCUT2D eigenvalue weighted by Gasteiger charge is 2.12. The van der Waals surface area contributed by atoms with Gasteiger partial charge in [-0.3, -0.25) is 14.4 Å². The zero-order chi connectivity index (χ0) is 13.7. The van der Waals surface area contributed by atoms with Crippen LogP contribution in [-0.4, -0.2) is 33.3 Å². The van der Waals surface area contributed by atoms with Gasteiger partial charge in [-0.15, -0.1) is 0 Å². The van der Waals surface area contributed by atoms with Crippen LogP contribution in [0, 0.1) is 5.92 Å². The van der Waals surface area contributed by atoms with Crippen LogP contribution in [0.25, 0.3) is 0 Å². The zero-order valence-electron chi connectivity index (χ0n) is 10.2. The predicted molar refractivity (Wildman–Crippen MR) is 63.2 cm³/mol. The summed E-state index contributed by atoms with van der Waals surface area (Å²) in [5.41, 5.74) is -0.176. The van der Waals surface area contributed by atoms with Gasteiger partial charge in [-0.05, 0) is 12.0 Å². The fourth-order valence-corrected chi connectivity index (χ4v) is 1.35. The van der Waals surface area contributed by atoms with Crippen molar-refractivity contribution < 1.29 is 14.7 Å². The molecule has 0 fully saturated rings. The van der Waals surface area contributed by atoms with Crippen molar-refractivity contribution in [1.29, 1.82) is 0 Å². The van der Waals surface area contributed by atoms with E-state index in [4.69, 9.17) is 5.11 Å². The largest absolute Gasteiger partial charge is 0.481 e. The number of aromatic nitrogens is 2. The molecule has 1 unspecified atom stereocenters. The number of aliphatic carboxylic acids is 1. The van der Waals surface area contributed by atoms with Crippen LogP contribution >= 0.6 is 0 Å². The van der Waals surface area contributed by atoms with Gasteiger partial charge in [0.1, 0.15) is 5.69 Å². The summed E-state index contributed by atoms with van der Waals surface area (Å²) in [6.07, 6.45) is -0.0129. The van der Waals surface area contributed by atoms with Crippen LogP contribution in [0.2, 0.25) is 0 Å². The van der Waals surface area contributed by atoms with Crippen molar-refractivity contribution in [3.05, 3.63) is 28.2 Å². The Balaban J connectivity index is 2.57. The van der Waals surface area contributed by atoms with Gasteiger partial charge in [-0.25, -0.2) is 4.68 Å². The van der Waals surface area contributed by atoms with Crippen LogP contribution in [0.15, 0.2) is 16.9 Å². The van der Waals surface area contributed by atoms with Crippen LogP contribution in [-0.2, 0) is 11.8 Å². The molecule has 0 saturated carbocycles. The molecule has 1 atom stereocenters. The van der Waals surface area contributed by atoms with E-state index in [2.05, 4.69) is 10.4 Å². The fourth-order valence-electron chi connectivity index (χ4n) is 1.35. The maximum Gasteiger partial charge on any atom is 0.303 e. The second kappa shape index (κ2) is 5.95. The van der Waals surface area contributed by atoms with Crippen molar-refractivity contribution in [1.82, 2.24) is 15.1 Å². The van der Waals surface area contributed by atoms with Gasteiger partial charge < -0.3 is 10.4 Å². The molecule has 1 aromatic heterocycles. The summed E-state index contributed by atoms with van der Waals surface area (Å²) in [5, 5.41) is 14.9. The van der Waals surface area contributed by atoms with E-state index in [1.165, 1.54) is 19.2 Å².